The maximum Gasteiger partial charge on any atom is 0.419 e. The highest BCUT2D eigenvalue weighted by atomic mass is 19.4. The molecule has 0 aromatic carbocycles. The van der Waals surface area contributed by atoms with Gasteiger partial charge in [0.2, 0.25) is 11.9 Å². The number of hydrogen-bond acceptors (Lipinski definition) is 7. The van der Waals surface area contributed by atoms with Gasteiger partial charge in [-0.05, 0) is 20.8 Å². The number of aromatic nitrogens is 2. The van der Waals surface area contributed by atoms with Crippen LogP contribution in [0, 0.1) is 0 Å². The van der Waals surface area contributed by atoms with E-state index in [0.717, 1.165) is 12.4 Å². The Morgan fingerprint density at radius 2 is 1.71 bits per heavy atom. The predicted octanol–water partition coefficient (Wildman–Crippen LogP) is 2.07. The van der Waals surface area contributed by atoms with Gasteiger partial charge >= 0.3 is 12.3 Å². The molecular formula is C19H28F3N5O4. The van der Waals surface area contributed by atoms with Crippen LogP contribution in [0.2, 0.25) is 0 Å². The van der Waals surface area contributed by atoms with Gasteiger partial charge in [0.1, 0.15) is 5.60 Å². The Morgan fingerprint density at radius 3 is 2.19 bits per heavy atom. The molecule has 1 fully saturated rings. The molecule has 174 valence electrons. The van der Waals surface area contributed by atoms with Gasteiger partial charge in [0.25, 0.3) is 0 Å². The molecule has 0 aliphatic carbocycles. The largest absolute Gasteiger partial charge is 0.444 e. The Morgan fingerprint density at radius 1 is 1.13 bits per heavy atom. The first-order chi connectivity index (χ1) is 14.4. The summed E-state index contributed by atoms with van der Waals surface area (Å²) in [4.78, 5) is 35.6. The fraction of sp³-hybridized carbons (Fsp3) is 0.684. The Balaban J connectivity index is 1.87. The average Bonchev–Trinajstić information content (AvgIpc) is 2.66. The van der Waals surface area contributed by atoms with E-state index in [0.29, 0.717) is 26.2 Å². The summed E-state index contributed by atoms with van der Waals surface area (Å²) in [6, 6.07) is -0.552. The number of alkyl carbamates (subject to hydrolysis) is 1. The quantitative estimate of drug-likeness (QED) is 0.713. The van der Waals surface area contributed by atoms with Crippen LogP contribution >= 0.6 is 0 Å². The minimum absolute atomic E-state index is 0.0316. The summed E-state index contributed by atoms with van der Waals surface area (Å²) in [7, 11) is 1.47. The van der Waals surface area contributed by atoms with Gasteiger partial charge in [-0.1, -0.05) is 0 Å². The van der Waals surface area contributed by atoms with Gasteiger partial charge in [-0.2, -0.15) is 13.2 Å². The molecule has 0 radical (unpaired) electrons. The number of carbonyl (C=O) groups excluding carboxylic acids is 2. The maximum absolute atomic E-state index is 12.7. The Kier molecular flexibility index (Phi) is 8.04. The summed E-state index contributed by atoms with van der Waals surface area (Å²) in [5.74, 6) is 0.00930. The first kappa shape index (κ1) is 24.6. The Bertz CT molecular complexity index is 744. The number of ether oxygens (including phenoxy) is 2. The second kappa shape index (κ2) is 10.1. The molecule has 0 unspecified atom stereocenters. The number of amides is 2. The molecular weight excluding hydrogens is 419 g/mol. The van der Waals surface area contributed by atoms with Crippen LogP contribution in [0.3, 0.4) is 0 Å². The van der Waals surface area contributed by atoms with Crippen molar-refractivity contribution in [1.82, 2.24) is 20.2 Å². The van der Waals surface area contributed by atoms with Crippen molar-refractivity contribution in [3.8, 4) is 0 Å². The molecule has 12 heteroatoms. The molecule has 1 atom stereocenters. The average molecular weight is 447 g/mol. The van der Waals surface area contributed by atoms with Crippen molar-refractivity contribution >= 4 is 17.9 Å². The minimum Gasteiger partial charge on any atom is -0.444 e. The highest BCUT2D eigenvalue weighted by Crippen LogP contribution is 2.28. The second-order valence-corrected chi connectivity index (χ2v) is 8.14. The molecule has 2 amide bonds. The summed E-state index contributed by atoms with van der Waals surface area (Å²) in [6.07, 6.45) is -3.60. The number of nitrogens with one attached hydrogen (secondary N) is 1. The van der Waals surface area contributed by atoms with Gasteiger partial charge in [0.15, 0.2) is 0 Å². The first-order valence-electron chi connectivity index (χ1n) is 9.79. The van der Waals surface area contributed by atoms with Gasteiger partial charge in [-0.3, -0.25) is 4.79 Å². The number of carbonyl (C=O) groups is 2. The molecule has 31 heavy (non-hydrogen) atoms. The van der Waals surface area contributed by atoms with E-state index in [1.165, 1.54) is 7.11 Å². The van der Waals surface area contributed by atoms with Crippen LogP contribution in [0.4, 0.5) is 23.9 Å². The third-order valence-corrected chi connectivity index (χ3v) is 4.39. The van der Waals surface area contributed by atoms with Gasteiger partial charge < -0.3 is 24.6 Å². The van der Waals surface area contributed by atoms with Crippen molar-refractivity contribution in [3.05, 3.63) is 18.0 Å². The van der Waals surface area contributed by atoms with Crippen molar-refractivity contribution in [2.75, 3.05) is 44.8 Å². The minimum atomic E-state index is -4.49. The zero-order valence-electron chi connectivity index (χ0n) is 18.0. The lowest BCUT2D eigenvalue weighted by Crippen LogP contribution is -2.51. The van der Waals surface area contributed by atoms with Crippen molar-refractivity contribution in [2.45, 2.75) is 45.0 Å². The number of nitrogens with zero attached hydrogens (tertiary/aromatic N) is 4. The third kappa shape index (κ3) is 7.85. The fourth-order valence-electron chi connectivity index (χ4n) is 2.95. The van der Waals surface area contributed by atoms with Gasteiger partial charge in [0.05, 0.1) is 18.2 Å². The zero-order chi connectivity index (χ0) is 23.2. The summed E-state index contributed by atoms with van der Waals surface area (Å²) in [5, 5.41) is 2.64. The van der Waals surface area contributed by atoms with Gasteiger partial charge in [-0.25, -0.2) is 14.8 Å². The highest BCUT2D eigenvalue weighted by molar-refractivity contribution is 5.78. The zero-order valence-corrected chi connectivity index (χ0v) is 18.0. The van der Waals surface area contributed by atoms with Crippen molar-refractivity contribution in [2.24, 2.45) is 0 Å². The van der Waals surface area contributed by atoms with Crippen molar-refractivity contribution in [1.29, 1.82) is 0 Å². The summed E-state index contributed by atoms with van der Waals surface area (Å²) >= 11 is 0. The molecule has 0 saturated carbocycles. The smallest absolute Gasteiger partial charge is 0.419 e. The normalized spacial score (nSPS) is 16.1. The van der Waals surface area contributed by atoms with E-state index >= 15 is 0 Å². The molecule has 1 aliphatic heterocycles. The van der Waals surface area contributed by atoms with E-state index in [4.69, 9.17) is 9.47 Å². The number of piperazine rings is 1. The van der Waals surface area contributed by atoms with E-state index in [2.05, 4.69) is 15.3 Å². The van der Waals surface area contributed by atoms with E-state index in [1.807, 2.05) is 0 Å². The summed E-state index contributed by atoms with van der Waals surface area (Å²) in [6.45, 7) is 6.83. The lowest BCUT2D eigenvalue weighted by Gasteiger charge is -2.35. The monoisotopic (exact) mass is 447 g/mol. The van der Waals surface area contributed by atoms with Crippen LogP contribution in [-0.2, 0) is 20.4 Å². The Hall–Kier alpha value is -2.63. The van der Waals surface area contributed by atoms with E-state index < -0.39 is 29.5 Å². The molecule has 9 nitrogen and oxygen atoms in total. The fourth-order valence-corrected chi connectivity index (χ4v) is 2.95. The standard InChI is InChI=1S/C19H28F3N5O4/c1-18(2,3)31-17(29)25-14(12-30-4)9-15(28)26-5-7-27(8-6-26)16-23-10-13(11-24-16)19(20,21)22/h10-11,14H,5-9,12H2,1-4H3,(H,25,29)/t14-/m0/s1. The van der Waals surface area contributed by atoms with Crippen LogP contribution in [0.1, 0.15) is 32.8 Å². The van der Waals surface area contributed by atoms with Crippen molar-refractivity contribution in [3.63, 3.8) is 0 Å². The van der Waals surface area contributed by atoms with E-state index in [1.54, 1.807) is 30.6 Å². The molecule has 0 bridgehead atoms. The number of halogens is 3. The molecule has 2 heterocycles. The predicted molar refractivity (Wildman–Crippen MR) is 105 cm³/mol. The molecule has 1 aliphatic rings. The number of methoxy groups -OCH3 is 1. The lowest BCUT2D eigenvalue weighted by atomic mass is 10.2. The first-order valence-corrected chi connectivity index (χ1v) is 9.79. The molecule has 1 saturated heterocycles. The van der Waals surface area contributed by atoms with E-state index in [9.17, 15) is 22.8 Å². The molecule has 1 N–H and O–H groups in total. The number of anilines is 1. The number of alkyl halides is 3. The number of hydrogen-bond donors (Lipinski definition) is 1. The van der Waals surface area contributed by atoms with E-state index in [-0.39, 0.29) is 24.9 Å². The lowest BCUT2D eigenvalue weighted by molar-refractivity contribution is -0.138. The third-order valence-electron chi connectivity index (χ3n) is 4.39. The van der Waals surface area contributed by atoms with Crippen LogP contribution in [0.15, 0.2) is 12.4 Å². The van der Waals surface area contributed by atoms with Crippen LogP contribution in [0.5, 0.6) is 0 Å². The number of rotatable bonds is 6. The highest BCUT2D eigenvalue weighted by Gasteiger charge is 2.32. The topological polar surface area (TPSA) is 96.9 Å². The SMILES string of the molecule is COC[C@H](CC(=O)N1CCN(c2ncc(C(F)(F)F)cn2)CC1)NC(=O)OC(C)(C)C. The van der Waals surface area contributed by atoms with Gasteiger partial charge in [0, 0.05) is 52.1 Å². The van der Waals surface area contributed by atoms with Crippen molar-refractivity contribution < 1.29 is 32.2 Å². The van der Waals surface area contributed by atoms with Crippen LogP contribution in [-0.4, -0.2) is 78.4 Å². The van der Waals surface area contributed by atoms with Crippen LogP contribution < -0.4 is 10.2 Å². The molecule has 1 aromatic heterocycles. The molecule has 2 rings (SSSR count). The Labute approximate surface area is 178 Å². The summed E-state index contributed by atoms with van der Waals surface area (Å²) < 4.78 is 48.2. The molecule has 0 spiro atoms. The maximum atomic E-state index is 12.7. The second-order valence-electron chi connectivity index (χ2n) is 8.14. The van der Waals surface area contributed by atoms with Crippen LogP contribution in [0.25, 0.3) is 0 Å². The molecule has 1 aromatic rings. The summed E-state index contributed by atoms with van der Waals surface area (Å²) in [5.41, 5.74) is -1.57. The van der Waals surface area contributed by atoms with Gasteiger partial charge in [-0.15, -0.1) is 0 Å².